The lowest BCUT2D eigenvalue weighted by atomic mass is 9.90. The Morgan fingerprint density at radius 2 is 2.00 bits per heavy atom. The van der Waals surface area contributed by atoms with Crippen molar-refractivity contribution in [1.29, 1.82) is 0 Å². The van der Waals surface area contributed by atoms with Gasteiger partial charge in [0.05, 0.1) is 0 Å². The third kappa shape index (κ3) is 3.43. The van der Waals surface area contributed by atoms with Gasteiger partial charge in [0.15, 0.2) is 0 Å². The summed E-state index contributed by atoms with van der Waals surface area (Å²) >= 11 is 10.8. The SMILES string of the molecule is CC(C)(CCCCl)C(=O)Cl. The molecule has 0 atom stereocenters. The summed E-state index contributed by atoms with van der Waals surface area (Å²) in [6.07, 6.45) is 1.60. The Morgan fingerprint density at radius 1 is 1.50 bits per heavy atom. The van der Waals surface area contributed by atoms with Gasteiger partial charge >= 0.3 is 0 Å². The zero-order valence-electron chi connectivity index (χ0n) is 6.29. The highest BCUT2D eigenvalue weighted by molar-refractivity contribution is 6.64. The van der Waals surface area contributed by atoms with Crippen LogP contribution in [-0.2, 0) is 4.79 Å². The highest BCUT2D eigenvalue weighted by atomic mass is 35.5. The van der Waals surface area contributed by atoms with Crippen LogP contribution in [0.5, 0.6) is 0 Å². The number of carbonyl (C=O) groups excluding carboxylic acids is 1. The van der Waals surface area contributed by atoms with Gasteiger partial charge in [-0.05, 0) is 24.4 Å². The summed E-state index contributed by atoms with van der Waals surface area (Å²) in [5, 5.41) is -0.280. The van der Waals surface area contributed by atoms with E-state index in [1.165, 1.54) is 0 Å². The summed E-state index contributed by atoms with van der Waals surface area (Å²) in [4.78, 5) is 10.7. The van der Waals surface area contributed by atoms with Gasteiger partial charge in [-0.25, -0.2) is 0 Å². The van der Waals surface area contributed by atoms with Gasteiger partial charge < -0.3 is 0 Å². The molecule has 0 saturated carbocycles. The Labute approximate surface area is 71.7 Å². The van der Waals surface area contributed by atoms with E-state index < -0.39 is 5.41 Å². The fourth-order valence-electron chi connectivity index (χ4n) is 0.607. The smallest absolute Gasteiger partial charge is 0.227 e. The molecule has 3 heteroatoms. The summed E-state index contributed by atoms with van der Waals surface area (Å²) < 4.78 is 0. The van der Waals surface area contributed by atoms with Gasteiger partial charge in [0, 0.05) is 11.3 Å². The monoisotopic (exact) mass is 182 g/mol. The molecule has 0 spiro atoms. The molecule has 0 aliphatic rings. The van der Waals surface area contributed by atoms with Crippen molar-refractivity contribution in [2.75, 3.05) is 5.88 Å². The average molecular weight is 183 g/mol. The molecule has 0 rings (SSSR count). The van der Waals surface area contributed by atoms with Gasteiger partial charge in [0.1, 0.15) is 0 Å². The van der Waals surface area contributed by atoms with Gasteiger partial charge in [0.25, 0.3) is 0 Å². The molecule has 0 aromatic rings. The van der Waals surface area contributed by atoms with Gasteiger partial charge in [-0.3, -0.25) is 4.79 Å². The standard InChI is InChI=1S/C7H12Cl2O/c1-7(2,6(9)10)4-3-5-8/h3-5H2,1-2H3. The number of alkyl halides is 1. The van der Waals surface area contributed by atoms with E-state index in [2.05, 4.69) is 0 Å². The molecule has 0 aliphatic carbocycles. The molecule has 60 valence electrons. The van der Waals surface area contributed by atoms with E-state index in [-0.39, 0.29) is 5.24 Å². The molecule has 1 nitrogen and oxygen atoms in total. The normalized spacial score (nSPS) is 11.6. The maximum Gasteiger partial charge on any atom is 0.227 e. The first kappa shape index (κ1) is 10.2. The second-order valence-electron chi connectivity index (χ2n) is 2.95. The fourth-order valence-corrected chi connectivity index (χ4v) is 0.835. The molecule has 0 radical (unpaired) electrons. The molecule has 0 fully saturated rings. The lowest BCUT2D eigenvalue weighted by Crippen LogP contribution is -2.19. The topological polar surface area (TPSA) is 17.1 Å². The molecule has 0 unspecified atom stereocenters. The Kier molecular flexibility index (Phi) is 4.30. The van der Waals surface area contributed by atoms with Crippen molar-refractivity contribution in [3.8, 4) is 0 Å². The zero-order valence-corrected chi connectivity index (χ0v) is 7.80. The van der Waals surface area contributed by atoms with Gasteiger partial charge in [-0.2, -0.15) is 0 Å². The van der Waals surface area contributed by atoms with E-state index in [0.29, 0.717) is 5.88 Å². The van der Waals surface area contributed by atoms with E-state index in [4.69, 9.17) is 23.2 Å². The van der Waals surface area contributed by atoms with Crippen molar-refractivity contribution in [2.45, 2.75) is 26.7 Å². The van der Waals surface area contributed by atoms with Crippen LogP contribution in [0.3, 0.4) is 0 Å². The second kappa shape index (κ2) is 4.20. The molecule has 0 aliphatic heterocycles. The predicted octanol–water partition coefficient (Wildman–Crippen LogP) is 2.80. The molecule has 0 saturated heterocycles. The van der Waals surface area contributed by atoms with Crippen LogP contribution in [0.1, 0.15) is 26.7 Å². The molecule has 10 heavy (non-hydrogen) atoms. The van der Waals surface area contributed by atoms with Crippen LogP contribution in [0.15, 0.2) is 0 Å². The van der Waals surface area contributed by atoms with Crippen LogP contribution >= 0.6 is 23.2 Å². The van der Waals surface area contributed by atoms with Gasteiger partial charge in [-0.15, -0.1) is 11.6 Å². The van der Waals surface area contributed by atoms with E-state index >= 15 is 0 Å². The van der Waals surface area contributed by atoms with Crippen LogP contribution in [0, 0.1) is 5.41 Å². The van der Waals surface area contributed by atoms with E-state index in [0.717, 1.165) is 12.8 Å². The van der Waals surface area contributed by atoms with Gasteiger partial charge in [0.2, 0.25) is 5.24 Å². The predicted molar refractivity (Wildman–Crippen MR) is 44.6 cm³/mol. The first-order valence-corrected chi connectivity index (χ1v) is 4.18. The maximum absolute atomic E-state index is 10.7. The molecule has 0 bridgehead atoms. The second-order valence-corrected chi connectivity index (χ2v) is 3.67. The van der Waals surface area contributed by atoms with Crippen molar-refractivity contribution in [1.82, 2.24) is 0 Å². The minimum atomic E-state index is -0.406. The van der Waals surface area contributed by atoms with Crippen LogP contribution in [-0.4, -0.2) is 11.1 Å². The molecule has 0 amide bonds. The summed E-state index contributed by atoms with van der Waals surface area (Å²) in [5.74, 6) is 0.591. The number of hydrogen-bond acceptors (Lipinski definition) is 1. The largest absolute Gasteiger partial charge is 0.281 e. The first-order valence-electron chi connectivity index (χ1n) is 3.26. The minimum Gasteiger partial charge on any atom is -0.281 e. The molecule has 0 N–H and O–H groups in total. The summed E-state index contributed by atoms with van der Waals surface area (Å²) in [6.45, 7) is 3.66. The van der Waals surface area contributed by atoms with E-state index in [9.17, 15) is 4.79 Å². The maximum atomic E-state index is 10.7. The fraction of sp³-hybridized carbons (Fsp3) is 0.857. The summed E-state index contributed by atoms with van der Waals surface area (Å²) in [6, 6.07) is 0. The van der Waals surface area contributed by atoms with Crippen molar-refractivity contribution in [2.24, 2.45) is 5.41 Å². The van der Waals surface area contributed by atoms with Crippen LogP contribution < -0.4 is 0 Å². The molecular formula is C7H12Cl2O. The zero-order chi connectivity index (χ0) is 8.20. The number of halogens is 2. The van der Waals surface area contributed by atoms with E-state index in [1.54, 1.807) is 0 Å². The molecule has 0 aromatic carbocycles. The number of hydrogen-bond donors (Lipinski definition) is 0. The Balaban J connectivity index is 3.75. The van der Waals surface area contributed by atoms with Crippen LogP contribution in [0.4, 0.5) is 0 Å². The Hall–Kier alpha value is 0.250. The first-order chi connectivity index (χ1) is 4.50. The number of carbonyl (C=O) groups is 1. The van der Waals surface area contributed by atoms with Crippen molar-refractivity contribution in [3.63, 3.8) is 0 Å². The van der Waals surface area contributed by atoms with Crippen molar-refractivity contribution < 1.29 is 4.79 Å². The Bertz CT molecular complexity index is 121. The minimum absolute atomic E-state index is 0.280. The van der Waals surface area contributed by atoms with Gasteiger partial charge in [-0.1, -0.05) is 13.8 Å². The average Bonchev–Trinajstić information content (AvgIpc) is 1.84. The van der Waals surface area contributed by atoms with Crippen LogP contribution in [0.25, 0.3) is 0 Å². The van der Waals surface area contributed by atoms with Crippen molar-refractivity contribution >= 4 is 28.4 Å². The van der Waals surface area contributed by atoms with Crippen molar-refractivity contribution in [3.05, 3.63) is 0 Å². The molecular weight excluding hydrogens is 171 g/mol. The molecule has 0 aromatic heterocycles. The number of rotatable bonds is 4. The highest BCUT2D eigenvalue weighted by Gasteiger charge is 2.24. The summed E-state index contributed by atoms with van der Waals surface area (Å²) in [5.41, 5.74) is -0.406. The Morgan fingerprint density at radius 3 is 2.30 bits per heavy atom. The third-order valence-electron chi connectivity index (χ3n) is 1.47. The van der Waals surface area contributed by atoms with E-state index in [1.807, 2.05) is 13.8 Å². The quantitative estimate of drug-likeness (QED) is 0.483. The molecule has 0 heterocycles. The summed E-state index contributed by atoms with van der Waals surface area (Å²) in [7, 11) is 0. The highest BCUT2D eigenvalue weighted by Crippen LogP contribution is 2.25. The third-order valence-corrected chi connectivity index (χ3v) is 2.25. The lowest BCUT2D eigenvalue weighted by Gasteiger charge is -2.17. The van der Waals surface area contributed by atoms with Crippen LogP contribution in [0.2, 0.25) is 0 Å². The lowest BCUT2D eigenvalue weighted by molar-refractivity contribution is -0.119.